The molecule has 2 unspecified atom stereocenters. The van der Waals surface area contributed by atoms with Crippen LogP contribution in [0.1, 0.15) is 92.4 Å². The molecule has 3 aliphatic rings. The molecule has 0 radical (unpaired) electrons. The van der Waals surface area contributed by atoms with Gasteiger partial charge in [-0.05, 0) is 48.9 Å². The van der Waals surface area contributed by atoms with E-state index in [1.807, 2.05) is 34.6 Å². The molecule has 42 heavy (non-hydrogen) atoms. The number of nitrogens with one attached hydrogen (secondary N) is 3. The van der Waals surface area contributed by atoms with E-state index in [0.29, 0.717) is 32.2 Å². The number of hydrogen-bond donors (Lipinski definition) is 4. The smallest absolute Gasteiger partial charge is 0.331 e. The molecule has 1 heterocycles. The van der Waals surface area contributed by atoms with Gasteiger partial charge in [0, 0.05) is 6.54 Å². The average molecular weight is 592 g/mol. The summed E-state index contributed by atoms with van der Waals surface area (Å²) in [5.41, 5.74) is 3.37. The number of urea groups is 1. The summed E-state index contributed by atoms with van der Waals surface area (Å²) in [6.45, 7) is 9.67. The summed E-state index contributed by atoms with van der Waals surface area (Å²) in [6, 6.07) is -3.62. The normalized spacial score (nSPS) is 23.5. The van der Waals surface area contributed by atoms with Crippen molar-refractivity contribution in [1.29, 1.82) is 0 Å². The lowest BCUT2D eigenvalue weighted by Crippen LogP contribution is -2.64. The van der Waals surface area contributed by atoms with Crippen molar-refractivity contribution >= 4 is 35.5 Å². The Morgan fingerprint density at radius 2 is 1.60 bits per heavy atom. The molecule has 12 heteroatoms. The molecule has 1 aliphatic heterocycles. The number of ether oxygens (including phenoxy) is 1. The Hall–Kier alpha value is -3.18. The highest BCUT2D eigenvalue weighted by molar-refractivity contribution is 6.37. The molecule has 2 saturated carbocycles. The highest BCUT2D eigenvalue weighted by Gasteiger charge is 2.49. The number of esters is 1. The lowest BCUT2D eigenvalue weighted by Gasteiger charge is -2.39. The van der Waals surface area contributed by atoms with Gasteiger partial charge in [-0.2, -0.15) is 0 Å². The van der Waals surface area contributed by atoms with E-state index in [2.05, 4.69) is 16.0 Å². The van der Waals surface area contributed by atoms with Gasteiger partial charge in [-0.1, -0.05) is 66.7 Å². The van der Waals surface area contributed by atoms with E-state index in [9.17, 15) is 28.8 Å². The zero-order valence-corrected chi connectivity index (χ0v) is 25.9. The van der Waals surface area contributed by atoms with Crippen LogP contribution in [0.5, 0.6) is 0 Å². The number of ketones is 1. The predicted molar refractivity (Wildman–Crippen MR) is 155 cm³/mol. The van der Waals surface area contributed by atoms with Crippen LogP contribution in [0.2, 0.25) is 0 Å². The zero-order chi connectivity index (χ0) is 31.4. The molecule has 1 saturated heterocycles. The molecule has 3 fully saturated rings. The molecule has 0 bridgehead atoms. The molecule has 0 aromatic heterocycles. The van der Waals surface area contributed by atoms with Crippen molar-refractivity contribution in [2.75, 3.05) is 13.7 Å². The summed E-state index contributed by atoms with van der Waals surface area (Å²) in [5.74, 6) is -3.32. The average Bonchev–Trinajstić information content (AvgIpc) is 3.62. The number of carbonyl (C=O) groups excluding carboxylic acids is 6. The summed E-state index contributed by atoms with van der Waals surface area (Å²) in [4.78, 5) is 79.7. The van der Waals surface area contributed by atoms with Crippen molar-refractivity contribution in [2.45, 2.75) is 116 Å². The van der Waals surface area contributed by atoms with Gasteiger partial charge in [-0.25, -0.2) is 9.59 Å². The fourth-order valence-corrected chi connectivity index (χ4v) is 6.37. The van der Waals surface area contributed by atoms with Gasteiger partial charge in [0.05, 0.1) is 13.2 Å². The summed E-state index contributed by atoms with van der Waals surface area (Å²) in [7, 11) is 1.29. The summed E-state index contributed by atoms with van der Waals surface area (Å²) >= 11 is 0. The van der Waals surface area contributed by atoms with E-state index in [1.54, 1.807) is 0 Å². The minimum absolute atomic E-state index is 0.0443. The minimum atomic E-state index is -1.16. The molecular formula is C30H49N5O7. The number of amides is 5. The van der Waals surface area contributed by atoms with Gasteiger partial charge in [-0.3, -0.25) is 19.2 Å². The van der Waals surface area contributed by atoms with Gasteiger partial charge in [-0.15, -0.1) is 0 Å². The fourth-order valence-electron chi connectivity index (χ4n) is 6.37. The third-order valence-corrected chi connectivity index (χ3v) is 9.02. The van der Waals surface area contributed by atoms with Crippen molar-refractivity contribution in [1.82, 2.24) is 20.9 Å². The Bertz CT molecular complexity index is 1060. The lowest BCUT2D eigenvalue weighted by molar-refractivity contribution is -0.149. The number of nitrogens with two attached hydrogens (primary N) is 1. The number of primary amides is 1. The van der Waals surface area contributed by atoms with E-state index in [-0.39, 0.29) is 17.8 Å². The maximum Gasteiger partial charge on any atom is 0.331 e. The van der Waals surface area contributed by atoms with Crippen molar-refractivity contribution in [3.8, 4) is 0 Å². The largest absolute Gasteiger partial charge is 0.467 e. The standard InChI is InChI=1S/C30H49N5O7/c1-17(2)19-12-15-35(21(19)25(38)32-20(16-18-10-11-18)22(36)24(31)37)26(39)23(29(3,4)5)33-28(41)34-30(27(40)42-6)13-8-7-9-14-30/h17-21,23H,7-16H2,1-6H3,(H2,31,37)(H,32,38)(H2,33,34,41)/t19?,20?,21-,23+/m0/s1. The van der Waals surface area contributed by atoms with Crippen LogP contribution in [0.15, 0.2) is 0 Å². The molecule has 12 nitrogen and oxygen atoms in total. The van der Waals surface area contributed by atoms with Crippen LogP contribution in [0, 0.1) is 23.2 Å². The van der Waals surface area contributed by atoms with Crippen LogP contribution in [0.25, 0.3) is 0 Å². The third kappa shape index (κ3) is 7.80. The number of rotatable bonds is 11. The van der Waals surface area contributed by atoms with Gasteiger partial charge in [0.25, 0.3) is 5.91 Å². The number of likely N-dealkylation sites (tertiary alicyclic amines) is 1. The maximum absolute atomic E-state index is 14.2. The first-order valence-corrected chi connectivity index (χ1v) is 15.2. The Balaban J connectivity index is 1.83. The molecular weight excluding hydrogens is 542 g/mol. The molecule has 5 N–H and O–H groups in total. The Labute approximate surface area is 248 Å². The second-order valence-electron chi connectivity index (χ2n) is 13.7. The van der Waals surface area contributed by atoms with Crippen LogP contribution in [-0.4, -0.2) is 77.7 Å². The van der Waals surface area contributed by atoms with Crippen LogP contribution in [0.4, 0.5) is 4.79 Å². The predicted octanol–water partition coefficient (Wildman–Crippen LogP) is 1.79. The third-order valence-electron chi connectivity index (χ3n) is 9.02. The van der Waals surface area contributed by atoms with Crippen LogP contribution in [0.3, 0.4) is 0 Å². The van der Waals surface area contributed by atoms with E-state index in [1.165, 1.54) is 12.0 Å². The minimum Gasteiger partial charge on any atom is -0.467 e. The molecule has 3 rings (SSSR count). The Kier molecular flexibility index (Phi) is 10.6. The summed E-state index contributed by atoms with van der Waals surface area (Å²) in [6.07, 6.45) is 6.08. The maximum atomic E-state index is 14.2. The van der Waals surface area contributed by atoms with Gasteiger partial charge in [0.2, 0.25) is 17.6 Å². The first kappa shape index (κ1) is 33.3. The van der Waals surface area contributed by atoms with Crippen molar-refractivity contribution in [3.63, 3.8) is 0 Å². The van der Waals surface area contributed by atoms with Gasteiger partial charge < -0.3 is 31.3 Å². The second kappa shape index (κ2) is 13.4. The van der Waals surface area contributed by atoms with E-state index < -0.39 is 64.6 Å². The quantitative estimate of drug-likeness (QED) is 0.209. The monoisotopic (exact) mass is 591 g/mol. The van der Waals surface area contributed by atoms with Crippen molar-refractivity contribution in [2.24, 2.45) is 28.9 Å². The first-order valence-electron chi connectivity index (χ1n) is 15.2. The number of nitrogens with zero attached hydrogens (tertiary/aromatic N) is 1. The molecule has 4 atom stereocenters. The van der Waals surface area contributed by atoms with E-state index in [0.717, 1.165) is 32.1 Å². The zero-order valence-electron chi connectivity index (χ0n) is 25.9. The second-order valence-corrected chi connectivity index (χ2v) is 13.7. The Morgan fingerprint density at radius 1 is 0.976 bits per heavy atom. The highest BCUT2D eigenvalue weighted by atomic mass is 16.5. The fraction of sp³-hybridized carbons (Fsp3) is 0.800. The van der Waals surface area contributed by atoms with Gasteiger partial charge in [0.15, 0.2) is 0 Å². The molecule has 5 amide bonds. The summed E-state index contributed by atoms with van der Waals surface area (Å²) < 4.78 is 5.01. The molecule has 0 spiro atoms. The van der Waals surface area contributed by atoms with Crippen LogP contribution in [-0.2, 0) is 28.7 Å². The van der Waals surface area contributed by atoms with Crippen molar-refractivity contribution in [3.05, 3.63) is 0 Å². The van der Waals surface area contributed by atoms with E-state index in [4.69, 9.17) is 10.5 Å². The first-order chi connectivity index (χ1) is 19.6. The number of methoxy groups -OCH3 is 1. The van der Waals surface area contributed by atoms with Gasteiger partial charge in [0.1, 0.15) is 17.6 Å². The van der Waals surface area contributed by atoms with Gasteiger partial charge >= 0.3 is 12.0 Å². The summed E-state index contributed by atoms with van der Waals surface area (Å²) in [5, 5.41) is 8.35. The molecule has 2 aliphatic carbocycles. The number of hydrogen-bond acceptors (Lipinski definition) is 7. The molecule has 0 aromatic rings. The van der Waals surface area contributed by atoms with Crippen LogP contribution < -0.4 is 21.7 Å². The number of carbonyl (C=O) groups is 6. The molecule has 0 aromatic carbocycles. The SMILES string of the molecule is COC(=O)C1(NC(=O)N[C@H](C(=O)N2CCC(C(C)C)[C@H]2C(=O)NC(CC2CC2)C(=O)C(N)=O)C(C)(C)C)CCCCC1. The highest BCUT2D eigenvalue weighted by Crippen LogP contribution is 2.36. The topological polar surface area (TPSA) is 177 Å². The molecule has 236 valence electrons. The lowest BCUT2D eigenvalue weighted by atomic mass is 9.81. The van der Waals surface area contributed by atoms with Crippen LogP contribution >= 0.6 is 0 Å². The van der Waals surface area contributed by atoms with E-state index >= 15 is 0 Å². The Morgan fingerprint density at radius 3 is 2.10 bits per heavy atom. The van der Waals surface area contributed by atoms with Crippen molar-refractivity contribution < 1.29 is 33.5 Å². The number of Topliss-reactive ketones (excluding diaryl/α,β-unsaturated/α-hetero) is 1.